The molecule has 0 spiro atoms. The number of benzene rings is 2. The van der Waals surface area contributed by atoms with Gasteiger partial charge in [-0.2, -0.15) is 0 Å². The van der Waals surface area contributed by atoms with Crippen LogP contribution in [0.2, 0.25) is 0 Å². The molecule has 0 fully saturated rings. The van der Waals surface area contributed by atoms with Gasteiger partial charge in [-0.1, -0.05) is 12.1 Å². The summed E-state index contributed by atoms with van der Waals surface area (Å²) in [5.41, 5.74) is 3.30. The lowest BCUT2D eigenvalue weighted by atomic mass is 10.1. The monoisotopic (exact) mass is 294 g/mol. The third kappa shape index (κ3) is 2.61. The van der Waals surface area contributed by atoms with Crippen LogP contribution < -0.4 is 0 Å². The summed E-state index contributed by atoms with van der Waals surface area (Å²) in [6, 6.07) is 14.9. The SMILES string of the molecule is COC(=O)CC(=O)c1ccc(-n2cnc3ccccc32)cc1. The number of nitrogens with zero attached hydrogens (tertiary/aromatic N) is 2. The van der Waals surface area contributed by atoms with Gasteiger partial charge in [-0.15, -0.1) is 0 Å². The van der Waals surface area contributed by atoms with E-state index in [0.29, 0.717) is 5.56 Å². The summed E-state index contributed by atoms with van der Waals surface area (Å²) >= 11 is 0. The van der Waals surface area contributed by atoms with Gasteiger partial charge >= 0.3 is 5.97 Å². The molecule has 0 N–H and O–H groups in total. The summed E-state index contributed by atoms with van der Waals surface area (Å²) in [6.07, 6.45) is 1.50. The zero-order valence-corrected chi connectivity index (χ0v) is 12.0. The molecule has 3 rings (SSSR count). The largest absolute Gasteiger partial charge is 0.469 e. The van der Waals surface area contributed by atoms with Gasteiger partial charge in [0.15, 0.2) is 5.78 Å². The zero-order chi connectivity index (χ0) is 15.5. The maximum absolute atomic E-state index is 11.9. The number of methoxy groups -OCH3 is 1. The molecule has 0 radical (unpaired) electrons. The number of carbonyl (C=O) groups excluding carboxylic acids is 2. The van der Waals surface area contributed by atoms with Crippen LogP contribution >= 0.6 is 0 Å². The average molecular weight is 294 g/mol. The van der Waals surface area contributed by atoms with Gasteiger partial charge in [-0.25, -0.2) is 4.98 Å². The predicted octanol–water partition coefficient (Wildman–Crippen LogP) is 2.77. The van der Waals surface area contributed by atoms with Crippen molar-refractivity contribution < 1.29 is 14.3 Å². The first-order chi connectivity index (χ1) is 10.7. The van der Waals surface area contributed by atoms with Gasteiger partial charge in [0.2, 0.25) is 0 Å². The van der Waals surface area contributed by atoms with Crippen LogP contribution in [0.25, 0.3) is 16.7 Å². The molecule has 22 heavy (non-hydrogen) atoms. The minimum absolute atomic E-state index is 0.246. The molecule has 5 nitrogen and oxygen atoms in total. The Labute approximate surface area is 127 Å². The summed E-state index contributed by atoms with van der Waals surface area (Å²) in [7, 11) is 1.27. The van der Waals surface area contributed by atoms with E-state index in [0.717, 1.165) is 16.7 Å². The summed E-state index contributed by atoms with van der Waals surface area (Å²) in [6.45, 7) is 0. The number of hydrogen-bond donors (Lipinski definition) is 0. The van der Waals surface area contributed by atoms with E-state index in [1.165, 1.54) is 7.11 Å². The first kappa shape index (κ1) is 14.0. The molecule has 2 aromatic carbocycles. The van der Waals surface area contributed by atoms with Crippen molar-refractivity contribution in [3.8, 4) is 5.69 Å². The molecule has 0 aliphatic rings. The number of ether oxygens (including phenoxy) is 1. The van der Waals surface area contributed by atoms with Gasteiger partial charge in [-0.05, 0) is 36.4 Å². The van der Waals surface area contributed by atoms with Crippen molar-refractivity contribution >= 4 is 22.8 Å². The molecule has 5 heteroatoms. The number of aromatic nitrogens is 2. The van der Waals surface area contributed by atoms with E-state index in [-0.39, 0.29) is 12.2 Å². The number of esters is 1. The number of rotatable bonds is 4. The van der Waals surface area contributed by atoms with Crippen molar-refractivity contribution in [2.75, 3.05) is 7.11 Å². The van der Waals surface area contributed by atoms with Crippen molar-refractivity contribution in [2.45, 2.75) is 6.42 Å². The van der Waals surface area contributed by atoms with Crippen molar-refractivity contribution in [1.29, 1.82) is 0 Å². The fourth-order valence-electron chi connectivity index (χ4n) is 2.28. The van der Waals surface area contributed by atoms with Crippen LogP contribution in [-0.2, 0) is 9.53 Å². The molecule has 0 aliphatic carbocycles. The first-order valence-electron chi connectivity index (χ1n) is 6.81. The average Bonchev–Trinajstić information content (AvgIpc) is 2.99. The lowest BCUT2D eigenvalue weighted by Gasteiger charge is -2.05. The van der Waals surface area contributed by atoms with Crippen molar-refractivity contribution in [1.82, 2.24) is 9.55 Å². The Kier molecular flexibility index (Phi) is 3.70. The Morgan fingerprint density at radius 1 is 1.09 bits per heavy atom. The number of carbonyl (C=O) groups is 2. The maximum atomic E-state index is 11.9. The van der Waals surface area contributed by atoms with Crippen LogP contribution in [0.3, 0.4) is 0 Å². The van der Waals surface area contributed by atoms with Crippen molar-refractivity contribution in [2.24, 2.45) is 0 Å². The normalized spacial score (nSPS) is 10.6. The van der Waals surface area contributed by atoms with Gasteiger partial charge in [-0.3, -0.25) is 14.2 Å². The second kappa shape index (κ2) is 5.81. The molecular formula is C17H14N2O3. The zero-order valence-electron chi connectivity index (χ0n) is 12.0. The third-order valence-electron chi connectivity index (χ3n) is 3.45. The van der Waals surface area contributed by atoms with Crippen LogP contribution in [0, 0.1) is 0 Å². The van der Waals surface area contributed by atoms with Crippen LogP contribution in [0.5, 0.6) is 0 Å². The number of hydrogen-bond acceptors (Lipinski definition) is 4. The van der Waals surface area contributed by atoms with Crippen LogP contribution in [0.4, 0.5) is 0 Å². The summed E-state index contributed by atoms with van der Waals surface area (Å²) in [5, 5.41) is 0. The molecular weight excluding hydrogens is 280 g/mol. The fraction of sp³-hybridized carbons (Fsp3) is 0.118. The molecule has 110 valence electrons. The Morgan fingerprint density at radius 3 is 2.55 bits per heavy atom. The van der Waals surface area contributed by atoms with E-state index in [4.69, 9.17) is 0 Å². The summed E-state index contributed by atoms with van der Waals surface area (Å²) in [5.74, 6) is -0.788. The topological polar surface area (TPSA) is 61.2 Å². The summed E-state index contributed by atoms with van der Waals surface area (Å²) < 4.78 is 6.45. The number of imidazole rings is 1. The Hall–Kier alpha value is -2.95. The molecule has 1 aromatic heterocycles. The van der Waals surface area contributed by atoms with Crippen molar-refractivity contribution in [3.63, 3.8) is 0 Å². The van der Waals surface area contributed by atoms with Crippen LogP contribution in [0.15, 0.2) is 54.9 Å². The van der Waals surface area contributed by atoms with Gasteiger partial charge < -0.3 is 4.74 Å². The molecule has 3 aromatic rings. The highest BCUT2D eigenvalue weighted by atomic mass is 16.5. The van der Waals surface area contributed by atoms with E-state index in [1.807, 2.05) is 41.0 Å². The van der Waals surface area contributed by atoms with E-state index in [1.54, 1.807) is 18.5 Å². The Morgan fingerprint density at radius 2 is 1.82 bits per heavy atom. The number of para-hydroxylation sites is 2. The molecule has 0 saturated heterocycles. The number of Topliss-reactive ketones (excluding diaryl/α,β-unsaturated/α-hetero) is 1. The lowest BCUT2D eigenvalue weighted by Crippen LogP contribution is -2.09. The minimum Gasteiger partial charge on any atom is -0.469 e. The van der Waals surface area contributed by atoms with Gasteiger partial charge in [0, 0.05) is 11.3 Å². The second-order valence-electron chi connectivity index (χ2n) is 4.83. The van der Waals surface area contributed by atoms with Gasteiger partial charge in [0.1, 0.15) is 12.7 Å². The van der Waals surface area contributed by atoms with E-state index in [9.17, 15) is 9.59 Å². The smallest absolute Gasteiger partial charge is 0.313 e. The number of ketones is 1. The number of fused-ring (bicyclic) bond motifs is 1. The third-order valence-corrected chi connectivity index (χ3v) is 3.45. The highest BCUT2D eigenvalue weighted by Crippen LogP contribution is 2.18. The molecule has 0 unspecified atom stereocenters. The fourth-order valence-corrected chi connectivity index (χ4v) is 2.28. The molecule has 0 amide bonds. The Bertz CT molecular complexity index is 834. The molecule has 0 bridgehead atoms. The first-order valence-corrected chi connectivity index (χ1v) is 6.81. The van der Waals surface area contributed by atoms with Gasteiger partial charge in [0.25, 0.3) is 0 Å². The Balaban J connectivity index is 1.88. The standard InChI is InChI=1S/C17H14N2O3/c1-22-17(21)10-16(20)12-6-8-13(9-7-12)19-11-18-14-4-2-3-5-15(14)19/h2-9,11H,10H2,1H3. The van der Waals surface area contributed by atoms with Gasteiger partial charge in [0.05, 0.1) is 18.1 Å². The van der Waals surface area contributed by atoms with E-state index >= 15 is 0 Å². The van der Waals surface area contributed by atoms with Crippen molar-refractivity contribution in [3.05, 3.63) is 60.4 Å². The minimum atomic E-state index is -0.533. The summed E-state index contributed by atoms with van der Waals surface area (Å²) in [4.78, 5) is 27.4. The molecule has 0 saturated carbocycles. The lowest BCUT2D eigenvalue weighted by molar-refractivity contribution is -0.139. The highest BCUT2D eigenvalue weighted by molar-refractivity contribution is 6.06. The predicted molar refractivity (Wildman–Crippen MR) is 82.0 cm³/mol. The quantitative estimate of drug-likeness (QED) is 0.422. The molecule has 0 aliphatic heterocycles. The molecule has 1 heterocycles. The maximum Gasteiger partial charge on any atom is 0.313 e. The van der Waals surface area contributed by atoms with E-state index < -0.39 is 5.97 Å². The second-order valence-corrected chi connectivity index (χ2v) is 4.83. The highest BCUT2D eigenvalue weighted by Gasteiger charge is 2.12. The van der Waals surface area contributed by atoms with E-state index in [2.05, 4.69) is 9.72 Å². The van der Waals surface area contributed by atoms with Crippen LogP contribution in [-0.4, -0.2) is 28.4 Å². The van der Waals surface area contributed by atoms with Crippen LogP contribution in [0.1, 0.15) is 16.8 Å². The molecule has 0 atom stereocenters.